The number of morpholine rings is 1. The molecule has 0 radical (unpaired) electrons. The average Bonchev–Trinajstić information content (AvgIpc) is 2.87. The van der Waals surface area contributed by atoms with Crippen LogP contribution in [0.4, 0.5) is 0 Å². The first-order chi connectivity index (χ1) is 9.25. The molecule has 5 nitrogen and oxygen atoms in total. The molecule has 0 spiro atoms. The first kappa shape index (κ1) is 12.7. The normalized spacial score (nSPS) is 20.2. The summed E-state index contributed by atoms with van der Waals surface area (Å²) in [7, 11) is 0. The fourth-order valence-electron chi connectivity index (χ4n) is 2.47. The number of ether oxygens (including phenoxy) is 3. The molecule has 102 valence electrons. The minimum atomic E-state index is -0.0756. The lowest BCUT2D eigenvalue weighted by Gasteiger charge is -2.34. The monoisotopic (exact) mass is 280 g/mol. The zero-order valence-electron chi connectivity index (χ0n) is 10.5. The highest BCUT2D eigenvalue weighted by Crippen LogP contribution is 2.35. The molecule has 3 rings (SSSR count). The zero-order chi connectivity index (χ0) is 13.2. The number of nitrogens with zero attached hydrogens (tertiary/aromatic N) is 1. The van der Waals surface area contributed by atoms with Crippen LogP contribution < -0.4 is 15.2 Å². The second-order valence-corrected chi connectivity index (χ2v) is 5.04. The Kier molecular flexibility index (Phi) is 3.54. The van der Waals surface area contributed by atoms with Gasteiger partial charge in [-0.2, -0.15) is 0 Å². The maximum Gasteiger partial charge on any atom is 0.231 e. The van der Waals surface area contributed by atoms with Crippen molar-refractivity contribution in [1.29, 1.82) is 0 Å². The van der Waals surface area contributed by atoms with Gasteiger partial charge < -0.3 is 19.9 Å². The van der Waals surface area contributed by atoms with Gasteiger partial charge in [0.05, 0.1) is 24.2 Å². The predicted octanol–water partition coefficient (Wildman–Crippen LogP) is 1.07. The third-order valence-electron chi connectivity index (χ3n) is 3.39. The Bertz CT molecular complexity index is 489. The quantitative estimate of drug-likeness (QED) is 0.836. The Labute approximate surface area is 117 Å². The highest BCUT2D eigenvalue weighted by molar-refractivity contribution is 7.80. The van der Waals surface area contributed by atoms with Gasteiger partial charge in [-0.3, -0.25) is 4.90 Å². The maximum atomic E-state index is 5.92. The lowest BCUT2D eigenvalue weighted by Crippen LogP contribution is -2.43. The number of thiocarbonyl (C=S) groups is 1. The smallest absolute Gasteiger partial charge is 0.231 e. The molecule has 0 aromatic heterocycles. The number of hydrogen-bond donors (Lipinski definition) is 1. The molecular formula is C13H16N2O3S. The van der Waals surface area contributed by atoms with Gasteiger partial charge in [-0.25, -0.2) is 0 Å². The van der Waals surface area contributed by atoms with Crippen molar-refractivity contribution in [3.63, 3.8) is 0 Å². The van der Waals surface area contributed by atoms with Gasteiger partial charge in [0, 0.05) is 13.1 Å². The first-order valence-electron chi connectivity index (χ1n) is 6.26. The molecular weight excluding hydrogens is 264 g/mol. The topological polar surface area (TPSA) is 57.0 Å². The lowest BCUT2D eigenvalue weighted by molar-refractivity contribution is 0.0288. The summed E-state index contributed by atoms with van der Waals surface area (Å²) in [6.07, 6.45) is 0. The molecule has 19 heavy (non-hydrogen) atoms. The largest absolute Gasteiger partial charge is 0.454 e. The molecule has 1 unspecified atom stereocenters. The first-order valence-corrected chi connectivity index (χ1v) is 6.67. The number of rotatable bonds is 3. The van der Waals surface area contributed by atoms with Crippen LogP contribution in [0.3, 0.4) is 0 Å². The summed E-state index contributed by atoms with van der Waals surface area (Å²) in [5, 5.41) is 0. The highest BCUT2D eigenvalue weighted by atomic mass is 32.1. The summed E-state index contributed by atoms with van der Waals surface area (Å²) in [4.78, 5) is 2.71. The van der Waals surface area contributed by atoms with Gasteiger partial charge >= 0.3 is 0 Å². The van der Waals surface area contributed by atoms with Crippen molar-refractivity contribution < 1.29 is 14.2 Å². The third kappa shape index (κ3) is 2.51. The third-order valence-corrected chi connectivity index (χ3v) is 3.62. The molecule has 1 aromatic rings. The van der Waals surface area contributed by atoms with Crippen LogP contribution in [0.5, 0.6) is 11.5 Å². The minimum absolute atomic E-state index is 0.0756. The second kappa shape index (κ2) is 5.32. The van der Waals surface area contributed by atoms with Crippen molar-refractivity contribution in [1.82, 2.24) is 4.90 Å². The van der Waals surface area contributed by atoms with E-state index >= 15 is 0 Å². The van der Waals surface area contributed by atoms with E-state index in [1.54, 1.807) is 0 Å². The van der Waals surface area contributed by atoms with E-state index in [-0.39, 0.29) is 12.8 Å². The molecule has 1 fully saturated rings. The Balaban J connectivity index is 1.89. The summed E-state index contributed by atoms with van der Waals surface area (Å²) < 4.78 is 16.1. The Morgan fingerprint density at radius 3 is 2.68 bits per heavy atom. The predicted molar refractivity (Wildman–Crippen MR) is 74.5 cm³/mol. The van der Waals surface area contributed by atoms with E-state index in [9.17, 15) is 0 Å². The van der Waals surface area contributed by atoms with Crippen LogP contribution in [0.25, 0.3) is 0 Å². The molecule has 0 amide bonds. The molecule has 0 aliphatic carbocycles. The second-order valence-electron chi connectivity index (χ2n) is 4.57. The van der Waals surface area contributed by atoms with Gasteiger partial charge in [-0.1, -0.05) is 18.3 Å². The summed E-state index contributed by atoms with van der Waals surface area (Å²) in [6.45, 7) is 3.36. The van der Waals surface area contributed by atoms with Crippen molar-refractivity contribution in [2.75, 3.05) is 33.1 Å². The van der Waals surface area contributed by atoms with Crippen LogP contribution in [-0.4, -0.2) is 43.0 Å². The van der Waals surface area contributed by atoms with E-state index in [1.165, 1.54) is 0 Å². The van der Waals surface area contributed by atoms with E-state index in [1.807, 2.05) is 18.2 Å². The lowest BCUT2D eigenvalue weighted by atomic mass is 10.0. The maximum absolute atomic E-state index is 5.92. The average molecular weight is 280 g/mol. The molecule has 2 N–H and O–H groups in total. The SMILES string of the molecule is NC(=S)C(c1ccc2c(c1)OCO2)N1CCOCC1. The van der Waals surface area contributed by atoms with Gasteiger partial charge in [-0.05, 0) is 17.7 Å². The van der Waals surface area contributed by atoms with E-state index < -0.39 is 0 Å². The van der Waals surface area contributed by atoms with Gasteiger partial charge in [-0.15, -0.1) is 0 Å². The Morgan fingerprint density at radius 2 is 1.95 bits per heavy atom. The van der Waals surface area contributed by atoms with E-state index in [0.717, 1.165) is 30.2 Å². The summed E-state index contributed by atoms with van der Waals surface area (Å²) in [6, 6.07) is 5.78. The number of benzene rings is 1. The molecule has 6 heteroatoms. The molecule has 0 saturated carbocycles. The van der Waals surface area contributed by atoms with Gasteiger partial charge in [0.25, 0.3) is 0 Å². The van der Waals surface area contributed by atoms with Crippen molar-refractivity contribution >= 4 is 17.2 Å². The zero-order valence-corrected chi connectivity index (χ0v) is 11.3. The van der Waals surface area contributed by atoms with Crippen molar-refractivity contribution in [2.24, 2.45) is 5.73 Å². The summed E-state index contributed by atoms with van der Waals surface area (Å²) >= 11 is 5.23. The van der Waals surface area contributed by atoms with Crippen molar-refractivity contribution in [2.45, 2.75) is 6.04 Å². The molecule has 1 atom stereocenters. The molecule has 0 bridgehead atoms. The standard InChI is InChI=1S/C13H16N2O3S/c14-13(19)12(15-3-5-16-6-4-15)9-1-2-10-11(7-9)18-8-17-10/h1-2,7,12H,3-6,8H2,(H2,14,19). The number of nitrogens with two attached hydrogens (primary N) is 1. The van der Waals surface area contributed by atoms with Gasteiger partial charge in [0.2, 0.25) is 6.79 Å². The Hall–Kier alpha value is -1.37. The molecule has 1 aromatic carbocycles. The summed E-state index contributed by atoms with van der Waals surface area (Å²) in [5.74, 6) is 1.53. The van der Waals surface area contributed by atoms with Crippen LogP contribution in [0.1, 0.15) is 11.6 Å². The number of fused-ring (bicyclic) bond motifs is 1. The van der Waals surface area contributed by atoms with Crippen LogP contribution in [-0.2, 0) is 4.74 Å². The van der Waals surface area contributed by atoms with Crippen LogP contribution in [0, 0.1) is 0 Å². The van der Waals surface area contributed by atoms with E-state index in [2.05, 4.69) is 4.90 Å². The molecule has 2 aliphatic heterocycles. The highest BCUT2D eigenvalue weighted by Gasteiger charge is 2.26. The van der Waals surface area contributed by atoms with Crippen LogP contribution >= 0.6 is 12.2 Å². The summed E-state index contributed by atoms with van der Waals surface area (Å²) in [5.41, 5.74) is 6.96. The fraction of sp³-hybridized carbons (Fsp3) is 0.462. The van der Waals surface area contributed by atoms with E-state index in [4.69, 9.17) is 32.2 Å². The van der Waals surface area contributed by atoms with Crippen LogP contribution in [0.15, 0.2) is 18.2 Å². The molecule has 2 aliphatic rings. The van der Waals surface area contributed by atoms with Crippen molar-refractivity contribution in [3.05, 3.63) is 23.8 Å². The minimum Gasteiger partial charge on any atom is -0.454 e. The fourth-order valence-corrected chi connectivity index (χ4v) is 2.76. The molecule has 1 saturated heterocycles. The number of hydrogen-bond acceptors (Lipinski definition) is 5. The van der Waals surface area contributed by atoms with E-state index in [0.29, 0.717) is 18.2 Å². The Morgan fingerprint density at radius 1 is 1.21 bits per heavy atom. The molecule has 2 heterocycles. The van der Waals surface area contributed by atoms with Crippen LogP contribution in [0.2, 0.25) is 0 Å². The van der Waals surface area contributed by atoms with Crippen molar-refractivity contribution in [3.8, 4) is 11.5 Å². The van der Waals surface area contributed by atoms with Gasteiger partial charge in [0.15, 0.2) is 11.5 Å². The van der Waals surface area contributed by atoms with Gasteiger partial charge in [0.1, 0.15) is 0 Å².